The summed E-state index contributed by atoms with van der Waals surface area (Å²) in [5.41, 5.74) is 0.890. The van der Waals surface area contributed by atoms with Crippen LogP contribution in [0.3, 0.4) is 0 Å². The molecule has 2 aliphatic heterocycles. The van der Waals surface area contributed by atoms with Crippen LogP contribution in [0.15, 0.2) is 18.3 Å². The first-order valence-electron chi connectivity index (χ1n) is 7.72. The van der Waals surface area contributed by atoms with E-state index in [9.17, 15) is 13.6 Å². The van der Waals surface area contributed by atoms with Crippen LogP contribution >= 0.6 is 0 Å². The topological polar surface area (TPSA) is 57.7 Å². The molecule has 0 unspecified atom stereocenters. The second kappa shape index (κ2) is 6.66. The van der Waals surface area contributed by atoms with E-state index >= 15 is 0 Å². The number of likely N-dealkylation sites (tertiary alicyclic amines) is 1. The average Bonchev–Trinajstić information content (AvgIpc) is 2.94. The fourth-order valence-electron chi connectivity index (χ4n) is 2.73. The van der Waals surface area contributed by atoms with Crippen molar-refractivity contribution in [2.45, 2.75) is 18.9 Å². The fourth-order valence-corrected chi connectivity index (χ4v) is 2.73. The van der Waals surface area contributed by atoms with Crippen LogP contribution in [-0.4, -0.2) is 61.2 Å². The highest BCUT2D eigenvalue weighted by atomic mass is 19.3. The van der Waals surface area contributed by atoms with E-state index in [4.69, 9.17) is 4.74 Å². The average molecular weight is 326 g/mol. The zero-order chi connectivity index (χ0) is 16.3. The van der Waals surface area contributed by atoms with Crippen molar-refractivity contribution < 1.29 is 18.3 Å². The van der Waals surface area contributed by atoms with Gasteiger partial charge < -0.3 is 19.9 Å². The lowest BCUT2D eigenvalue weighted by molar-refractivity contribution is 0.0153. The Morgan fingerprint density at radius 1 is 1.35 bits per heavy atom. The number of aromatic nitrogens is 1. The van der Waals surface area contributed by atoms with Crippen molar-refractivity contribution in [3.63, 3.8) is 0 Å². The Bertz CT molecular complexity index is 564. The molecular weight excluding hydrogens is 306 g/mol. The predicted octanol–water partition coefficient (Wildman–Crippen LogP) is 1.47. The molecule has 6 nitrogen and oxygen atoms in total. The Balaban J connectivity index is 1.55. The van der Waals surface area contributed by atoms with Crippen molar-refractivity contribution in [2.75, 3.05) is 44.3 Å². The van der Waals surface area contributed by atoms with E-state index in [2.05, 4.69) is 15.2 Å². The number of carbonyl (C=O) groups excluding carboxylic acids is 1. The molecule has 0 aromatic carbocycles. The van der Waals surface area contributed by atoms with E-state index in [1.165, 1.54) is 0 Å². The number of hydrogen-bond donors (Lipinski definition) is 1. The quantitative estimate of drug-likeness (QED) is 0.914. The lowest BCUT2D eigenvalue weighted by Crippen LogP contribution is -2.39. The molecule has 0 saturated carbocycles. The predicted molar refractivity (Wildman–Crippen MR) is 80.6 cm³/mol. The number of morpholine rings is 1. The van der Waals surface area contributed by atoms with Gasteiger partial charge in [-0.3, -0.25) is 0 Å². The van der Waals surface area contributed by atoms with Crippen LogP contribution in [0.5, 0.6) is 0 Å². The molecule has 8 heteroatoms. The SMILES string of the molecule is O=C(NCc1ccnc(N2CCOCC2)c1)N1CCC(F)(F)C1. The maximum absolute atomic E-state index is 13.1. The lowest BCUT2D eigenvalue weighted by atomic mass is 10.2. The van der Waals surface area contributed by atoms with Gasteiger partial charge in [0.2, 0.25) is 0 Å². The number of hydrogen-bond acceptors (Lipinski definition) is 4. The van der Waals surface area contributed by atoms with Crippen molar-refractivity contribution in [2.24, 2.45) is 0 Å². The third-order valence-corrected chi connectivity index (χ3v) is 4.05. The number of ether oxygens (including phenoxy) is 1. The third kappa shape index (κ3) is 4.07. The van der Waals surface area contributed by atoms with Crippen LogP contribution in [0.25, 0.3) is 0 Å². The van der Waals surface area contributed by atoms with Crippen LogP contribution in [0.2, 0.25) is 0 Å². The molecule has 0 radical (unpaired) electrons. The molecule has 1 N–H and O–H groups in total. The molecule has 23 heavy (non-hydrogen) atoms. The molecule has 2 amide bonds. The minimum absolute atomic E-state index is 0.0915. The standard InChI is InChI=1S/C15H20F2N4O2/c16-15(17)2-4-21(11-15)14(22)19-10-12-1-3-18-13(9-12)20-5-7-23-8-6-20/h1,3,9H,2,4-8,10-11H2,(H,19,22). The molecule has 1 aromatic heterocycles. The number of pyridine rings is 1. The van der Waals surface area contributed by atoms with Gasteiger partial charge in [0.05, 0.1) is 19.8 Å². The molecule has 1 aromatic rings. The summed E-state index contributed by atoms with van der Waals surface area (Å²) in [4.78, 5) is 19.5. The highest BCUT2D eigenvalue weighted by Crippen LogP contribution is 2.26. The molecule has 2 fully saturated rings. The number of halogens is 2. The van der Waals surface area contributed by atoms with E-state index in [-0.39, 0.29) is 13.0 Å². The molecule has 2 saturated heterocycles. The Kier molecular flexibility index (Phi) is 4.61. The number of rotatable bonds is 3. The summed E-state index contributed by atoms with van der Waals surface area (Å²) in [6, 6.07) is 3.26. The van der Waals surface area contributed by atoms with Crippen LogP contribution in [0.1, 0.15) is 12.0 Å². The summed E-state index contributed by atoms with van der Waals surface area (Å²) in [6.07, 6.45) is 1.42. The number of nitrogens with zero attached hydrogens (tertiary/aromatic N) is 3. The highest BCUT2D eigenvalue weighted by molar-refractivity contribution is 5.74. The van der Waals surface area contributed by atoms with Crippen LogP contribution in [-0.2, 0) is 11.3 Å². The first-order chi connectivity index (χ1) is 11.0. The zero-order valence-electron chi connectivity index (χ0n) is 12.8. The molecule has 0 aliphatic carbocycles. The maximum Gasteiger partial charge on any atom is 0.317 e. The Hall–Kier alpha value is -1.96. The van der Waals surface area contributed by atoms with Gasteiger partial charge in [0, 0.05) is 38.8 Å². The minimum atomic E-state index is -2.77. The summed E-state index contributed by atoms with van der Waals surface area (Å²) in [5, 5.41) is 2.69. The van der Waals surface area contributed by atoms with Gasteiger partial charge in [0.1, 0.15) is 5.82 Å². The maximum atomic E-state index is 13.1. The van der Waals surface area contributed by atoms with Gasteiger partial charge in [-0.15, -0.1) is 0 Å². The molecule has 3 rings (SSSR count). The summed E-state index contributed by atoms with van der Waals surface area (Å²) in [6.45, 7) is 2.79. The van der Waals surface area contributed by atoms with E-state index in [0.717, 1.165) is 29.4 Å². The molecule has 0 bridgehead atoms. The number of anilines is 1. The Morgan fingerprint density at radius 3 is 2.83 bits per heavy atom. The fraction of sp³-hybridized carbons (Fsp3) is 0.600. The molecule has 3 heterocycles. The minimum Gasteiger partial charge on any atom is -0.378 e. The zero-order valence-corrected chi connectivity index (χ0v) is 12.8. The summed E-state index contributed by atoms with van der Waals surface area (Å²) >= 11 is 0. The molecule has 2 aliphatic rings. The first-order valence-corrected chi connectivity index (χ1v) is 7.72. The monoisotopic (exact) mass is 326 g/mol. The summed E-state index contributed by atoms with van der Waals surface area (Å²) < 4.78 is 31.6. The third-order valence-electron chi connectivity index (χ3n) is 4.05. The molecule has 126 valence electrons. The first kappa shape index (κ1) is 15.9. The lowest BCUT2D eigenvalue weighted by Gasteiger charge is -2.28. The van der Waals surface area contributed by atoms with E-state index in [1.807, 2.05) is 12.1 Å². The van der Waals surface area contributed by atoms with Gasteiger partial charge in [-0.05, 0) is 17.7 Å². The number of urea groups is 1. The summed E-state index contributed by atoms with van der Waals surface area (Å²) in [5.74, 6) is -1.93. The number of amides is 2. The van der Waals surface area contributed by atoms with Crippen molar-refractivity contribution in [3.05, 3.63) is 23.9 Å². The van der Waals surface area contributed by atoms with Crippen molar-refractivity contribution in [1.29, 1.82) is 0 Å². The Morgan fingerprint density at radius 2 is 2.13 bits per heavy atom. The van der Waals surface area contributed by atoms with Gasteiger partial charge in [-0.1, -0.05) is 0 Å². The van der Waals surface area contributed by atoms with Crippen LogP contribution in [0.4, 0.5) is 19.4 Å². The van der Waals surface area contributed by atoms with Crippen molar-refractivity contribution in [3.8, 4) is 0 Å². The number of carbonyl (C=O) groups is 1. The van der Waals surface area contributed by atoms with E-state index < -0.39 is 18.5 Å². The molecule has 0 atom stereocenters. The molecule has 0 spiro atoms. The number of nitrogens with one attached hydrogen (secondary N) is 1. The van der Waals surface area contributed by atoms with Gasteiger partial charge in [0.25, 0.3) is 5.92 Å². The van der Waals surface area contributed by atoms with Gasteiger partial charge in [-0.25, -0.2) is 18.6 Å². The molecular formula is C15H20F2N4O2. The Labute approximate surface area is 133 Å². The smallest absolute Gasteiger partial charge is 0.317 e. The van der Waals surface area contributed by atoms with Crippen molar-refractivity contribution >= 4 is 11.8 Å². The van der Waals surface area contributed by atoms with Crippen LogP contribution < -0.4 is 10.2 Å². The van der Waals surface area contributed by atoms with Crippen molar-refractivity contribution in [1.82, 2.24) is 15.2 Å². The largest absolute Gasteiger partial charge is 0.378 e. The van der Waals surface area contributed by atoms with Gasteiger partial charge in [-0.2, -0.15) is 0 Å². The van der Waals surface area contributed by atoms with Gasteiger partial charge >= 0.3 is 6.03 Å². The normalized spacial score (nSPS) is 20.6. The highest BCUT2D eigenvalue weighted by Gasteiger charge is 2.40. The van der Waals surface area contributed by atoms with Crippen LogP contribution in [0, 0.1) is 0 Å². The number of alkyl halides is 2. The summed E-state index contributed by atoms with van der Waals surface area (Å²) in [7, 11) is 0. The second-order valence-electron chi connectivity index (χ2n) is 5.81. The second-order valence-corrected chi connectivity index (χ2v) is 5.81. The van der Waals surface area contributed by atoms with Gasteiger partial charge in [0.15, 0.2) is 0 Å². The van der Waals surface area contributed by atoms with E-state index in [0.29, 0.717) is 19.8 Å². The van der Waals surface area contributed by atoms with E-state index in [1.54, 1.807) is 6.20 Å².